The van der Waals surface area contributed by atoms with Crippen LogP contribution < -0.4 is 4.74 Å². The second-order valence-electron chi connectivity index (χ2n) is 5.07. The van der Waals surface area contributed by atoms with Crippen LogP contribution in [0.1, 0.15) is 31.0 Å². The van der Waals surface area contributed by atoms with Gasteiger partial charge in [-0.3, -0.25) is 0 Å². The van der Waals surface area contributed by atoms with Gasteiger partial charge in [-0.25, -0.2) is 4.37 Å². The lowest BCUT2D eigenvalue weighted by molar-refractivity contribution is 0.307. The van der Waals surface area contributed by atoms with E-state index in [0.717, 1.165) is 16.5 Å². The van der Waals surface area contributed by atoms with Crippen molar-refractivity contribution in [2.24, 2.45) is 0 Å². The first-order valence-electron chi connectivity index (χ1n) is 6.46. The number of H-pyrrole nitrogens is 1. The Kier molecular flexibility index (Phi) is 3.68. The van der Waals surface area contributed by atoms with E-state index in [0.29, 0.717) is 23.3 Å². The van der Waals surface area contributed by atoms with Crippen molar-refractivity contribution in [1.82, 2.24) is 9.36 Å². The fraction of sp³-hybridized carbons (Fsp3) is 0.267. The molecule has 5 heteroatoms. The van der Waals surface area contributed by atoms with Crippen LogP contribution in [0, 0.1) is 0 Å². The number of hydrogen-bond acceptors (Lipinski definition) is 3. The lowest BCUT2D eigenvalue weighted by atomic mass is 10.1. The number of halogens is 1. The topological polar surface area (TPSA) is 37.9 Å². The highest BCUT2D eigenvalue weighted by Gasteiger charge is 2.09. The number of rotatable bonds is 4. The van der Waals surface area contributed by atoms with Crippen molar-refractivity contribution in [3.8, 4) is 5.75 Å². The van der Waals surface area contributed by atoms with Crippen LogP contribution >= 0.6 is 23.1 Å². The van der Waals surface area contributed by atoms with Crippen molar-refractivity contribution < 1.29 is 4.74 Å². The predicted molar refractivity (Wildman–Crippen MR) is 83.8 cm³/mol. The molecule has 20 heavy (non-hydrogen) atoms. The molecule has 0 radical (unpaired) electrons. The van der Waals surface area contributed by atoms with Crippen LogP contribution in [-0.4, -0.2) is 9.36 Å². The molecule has 2 heterocycles. The molecule has 0 aliphatic carbocycles. The van der Waals surface area contributed by atoms with Crippen LogP contribution in [0.15, 0.2) is 29.8 Å². The zero-order valence-corrected chi connectivity index (χ0v) is 12.9. The van der Waals surface area contributed by atoms with E-state index in [4.69, 9.17) is 16.3 Å². The molecule has 0 atom stereocenters. The number of nitrogens with one attached hydrogen (secondary N) is 1. The van der Waals surface area contributed by atoms with Crippen LogP contribution in [0.3, 0.4) is 0 Å². The van der Waals surface area contributed by atoms with Crippen molar-refractivity contribution in [2.75, 3.05) is 0 Å². The van der Waals surface area contributed by atoms with Gasteiger partial charge in [0.2, 0.25) is 0 Å². The van der Waals surface area contributed by atoms with E-state index < -0.39 is 0 Å². The van der Waals surface area contributed by atoms with Gasteiger partial charge in [0, 0.05) is 39.8 Å². The number of hydrogen-bond donors (Lipinski definition) is 1. The van der Waals surface area contributed by atoms with Crippen molar-refractivity contribution >= 4 is 34.0 Å². The summed E-state index contributed by atoms with van der Waals surface area (Å²) in [6.45, 7) is 4.81. The van der Waals surface area contributed by atoms with Gasteiger partial charge in [0.25, 0.3) is 0 Å². The Morgan fingerprint density at radius 3 is 2.90 bits per heavy atom. The molecule has 3 aromatic rings. The number of aromatic amines is 1. The molecule has 0 saturated heterocycles. The van der Waals surface area contributed by atoms with Crippen LogP contribution in [0.4, 0.5) is 0 Å². The summed E-state index contributed by atoms with van der Waals surface area (Å²) in [5.41, 5.74) is 3.31. The van der Waals surface area contributed by atoms with Crippen molar-refractivity contribution in [3.05, 3.63) is 46.1 Å². The molecule has 3 nitrogen and oxygen atoms in total. The largest absolute Gasteiger partial charge is 0.487 e. The Labute approximate surface area is 126 Å². The highest BCUT2D eigenvalue weighted by Crippen LogP contribution is 2.32. The van der Waals surface area contributed by atoms with E-state index in [1.54, 1.807) is 0 Å². The fourth-order valence-electron chi connectivity index (χ4n) is 2.04. The molecule has 0 unspecified atom stereocenters. The minimum atomic E-state index is 0.461. The molecule has 0 saturated carbocycles. The number of fused-ring (bicyclic) bond motifs is 1. The summed E-state index contributed by atoms with van der Waals surface area (Å²) in [7, 11) is 0. The molecule has 0 aliphatic rings. The molecular weight excluding hydrogens is 292 g/mol. The van der Waals surface area contributed by atoms with Crippen molar-refractivity contribution in [1.29, 1.82) is 0 Å². The third-order valence-electron chi connectivity index (χ3n) is 3.19. The van der Waals surface area contributed by atoms with Gasteiger partial charge in [-0.2, -0.15) is 0 Å². The van der Waals surface area contributed by atoms with Crippen LogP contribution in [0.25, 0.3) is 10.9 Å². The summed E-state index contributed by atoms with van der Waals surface area (Å²) in [4.78, 5) is 3.41. The maximum absolute atomic E-state index is 6.28. The van der Waals surface area contributed by atoms with Crippen LogP contribution in [-0.2, 0) is 6.61 Å². The van der Waals surface area contributed by atoms with Crippen molar-refractivity contribution in [3.63, 3.8) is 0 Å². The summed E-state index contributed by atoms with van der Waals surface area (Å²) in [6, 6.07) is 6.04. The summed E-state index contributed by atoms with van der Waals surface area (Å²) in [5.74, 6) is 1.16. The summed E-state index contributed by atoms with van der Waals surface area (Å²) >= 11 is 7.70. The van der Waals surface area contributed by atoms with E-state index in [9.17, 15) is 0 Å². The standard InChI is InChI=1S/C15H15ClN2OS/c1-9(2)13-4-11-3-12(16)15(5-14(11)18-13)19-7-10-6-17-20-8-10/h3-6,8-9,18H,7H2,1-2H3. The Hall–Kier alpha value is -1.52. The van der Waals surface area contributed by atoms with Gasteiger partial charge in [0.15, 0.2) is 0 Å². The molecule has 0 bridgehead atoms. The number of nitrogens with zero attached hydrogens (tertiary/aromatic N) is 1. The van der Waals surface area contributed by atoms with E-state index >= 15 is 0 Å². The van der Waals surface area contributed by atoms with Crippen LogP contribution in [0.2, 0.25) is 5.02 Å². The molecule has 1 N–H and O–H groups in total. The quantitative estimate of drug-likeness (QED) is 0.738. The fourth-order valence-corrected chi connectivity index (χ4v) is 2.78. The normalized spacial score (nSPS) is 11.4. The summed E-state index contributed by atoms with van der Waals surface area (Å²) < 4.78 is 9.83. The highest BCUT2D eigenvalue weighted by molar-refractivity contribution is 7.03. The summed E-state index contributed by atoms with van der Waals surface area (Å²) in [5, 5.41) is 3.72. The molecule has 0 fully saturated rings. The average molecular weight is 307 g/mol. The van der Waals surface area contributed by atoms with Gasteiger partial charge in [-0.15, -0.1) is 0 Å². The Morgan fingerprint density at radius 1 is 1.35 bits per heavy atom. The predicted octanol–water partition coefficient (Wildman–Crippen LogP) is 4.98. The van der Waals surface area contributed by atoms with E-state index in [1.165, 1.54) is 17.2 Å². The molecule has 3 rings (SSSR count). The van der Waals surface area contributed by atoms with E-state index in [1.807, 2.05) is 23.7 Å². The molecule has 0 aliphatic heterocycles. The summed E-state index contributed by atoms with van der Waals surface area (Å²) in [6.07, 6.45) is 1.81. The second kappa shape index (κ2) is 5.46. The first-order chi connectivity index (χ1) is 9.63. The Bertz CT molecular complexity index is 719. The van der Waals surface area contributed by atoms with Gasteiger partial charge < -0.3 is 9.72 Å². The van der Waals surface area contributed by atoms with Gasteiger partial charge >= 0.3 is 0 Å². The smallest absolute Gasteiger partial charge is 0.140 e. The maximum Gasteiger partial charge on any atom is 0.140 e. The minimum absolute atomic E-state index is 0.461. The third kappa shape index (κ3) is 2.67. The zero-order valence-electron chi connectivity index (χ0n) is 11.3. The molecule has 1 aromatic carbocycles. The monoisotopic (exact) mass is 306 g/mol. The lowest BCUT2D eigenvalue weighted by Crippen LogP contribution is -1.94. The lowest BCUT2D eigenvalue weighted by Gasteiger charge is -2.07. The van der Waals surface area contributed by atoms with Gasteiger partial charge in [-0.1, -0.05) is 25.4 Å². The number of ether oxygens (including phenoxy) is 1. The minimum Gasteiger partial charge on any atom is -0.487 e. The molecule has 0 spiro atoms. The van der Waals surface area contributed by atoms with Crippen molar-refractivity contribution in [2.45, 2.75) is 26.4 Å². The SMILES string of the molecule is CC(C)c1cc2cc(Cl)c(OCc3cnsc3)cc2[nH]1. The van der Waals surface area contributed by atoms with E-state index in [2.05, 4.69) is 29.3 Å². The maximum atomic E-state index is 6.28. The first kappa shape index (κ1) is 13.5. The second-order valence-corrected chi connectivity index (χ2v) is 6.14. The molecule has 0 amide bonds. The van der Waals surface area contributed by atoms with Gasteiger partial charge in [0.1, 0.15) is 12.4 Å². The molecule has 2 aromatic heterocycles. The third-order valence-corrected chi connectivity index (χ3v) is 4.12. The Balaban J connectivity index is 1.88. The van der Waals surface area contributed by atoms with Crippen LogP contribution in [0.5, 0.6) is 5.75 Å². The molecule has 104 valence electrons. The average Bonchev–Trinajstić information content (AvgIpc) is 3.04. The zero-order chi connectivity index (χ0) is 14.1. The highest BCUT2D eigenvalue weighted by atomic mass is 35.5. The first-order valence-corrected chi connectivity index (χ1v) is 7.68. The number of aromatic nitrogens is 2. The molecular formula is C15H15ClN2OS. The van der Waals surface area contributed by atoms with Gasteiger partial charge in [-0.05, 0) is 29.6 Å². The Morgan fingerprint density at radius 2 is 2.20 bits per heavy atom. The number of benzene rings is 1. The van der Waals surface area contributed by atoms with Gasteiger partial charge in [0.05, 0.1) is 5.02 Å². The van der Waals surface area contributed by atoms with E-state index in [-0.39, 0.29) is 0 Å².